The lowest BCUT2D eigenvalue weighted by Gasteiger charge is -2.35. The van der Waals surface area contributed by atoms with Crippen LogP contribution in [0.1, 0.15) is 105 Å². The highest BCUT2D eigenvalue weighted by Crippen LogP contribution is 2.28. The van der Waals surface area contributed by atoms with E-state index in [1.165, 1.54) is 18.1 Å². The van der Waals surface area contributed by atoms with Gasteiger partial charge in [-0.3, -0.25) is 19.3 Å². The van der Waals surface area contributed by atoms with Crippen LogP contribution in [-0.4, -0.2) is 109 Å². The number of rotatable bonds is 21. The number of benzene rings is 2. The van der Waals surface area contributed by atoms with E-state index in [1.54, 1.807) is 24.3 Å². The SMILES string of the molecule is C=CC(=O)N1CCC(Cc2cccc(OCCCC(=O)NCCCCCCCN3CCN(c4ccc(C(=O)NC5CCC(Oc6ccc(C#N)c(Cl)c6)CC5)nn4)CC3)c2)CC1. The Kier molecular flexibility index (Phi) is 18.3. The van der Waals surface area contributed by atoms with Gasteiger partial charge in [0.25, 0.3) is 5.91 Å². The number of halogens is 1. The number of piperidine rings is 1. The van der Waals surface area contributed by atoms with Crippen molar-refractivity contribution in [2.45, 2.75) is 102 Å². The van der Waals surface area contributed by atoms with Crippen molar-refractivity contribution in [3.8, 4) is 17.6 Å². The number of unbranched alkanes of at least 4 members (excludes halogenated alkanes) is 4. The van der Waals surface area contributed by atoms with E-state index in [0.29, 0.717) is 47.4 Å². The maximum absolute atomic E-state index is 13.0. The van der Waals surface area contributed by atoms with Crippen LogP contribution in [0, 0.1) is 17.2 Å². The zero-order valence-corrected chi connectivity index (χ0v) is 36.8. The number of hydrogen-bond acceptors (Lipinski definition) is 10. The summed E-state index contributed by atoms with van der Waals surface area (Å²) in [4.78, 5) is 43.8. The molecule has 1 aliphatic carbocycles. The molecule has 0 atom stereocenters. The van der Waals surface area contributed by atoms with E-state index < -0.39 is 0 Å². The molecule has 14 heteroatoms. The number of amides is 3. The molecule has 13 nitrogen and oxygen atoms in total. The van der Waals surface area contributed by atoms with Gasteiger partial charge in [0.1, 0.15) is 17.6 Å². The lowest BCUT2D eigenvalue weighted by atomic mass is 9.90. The predicted octanol–water partition coefficient (Wildman–Crippen LogP) is 7.14. The van der Waals surface area contributed by atoms with E-state index in [2.05, 4.69) is 55.4 Å². The third-order valence-electron chi connectivity index (χ3n) is 12.3. The molecule has 2 aliphatic heterocycles. The molecule has 3 aliphatic rings. The van der Waals surface area contributed by atoms with E-state index in [-0.39, 0.29) is 29.9 Å². The molecule has 1 saturated carbocycles. The summed E-state index contributed by atoms with van der Waals surface area (Å²) in [7, 11) is 0. The number of piperazine rings is 1. The van der Waals surface area contributed by atoms with Gasteiger partial charge >= 0.3 is 0 Å². The van der Waals surface area contributed by atoms with Crippen molar-refractivity contribution in [1.29, 1.82) is 5.26 Å². The number of carbonyl (C=O) groups is 3. The van der Waals surface area contributed by atoms with Gasteiger partial charge in [-0.2, -0.15) is 5.26 Å². The average molecular weight is 868 g/mol. The van der Waals surface area contributed by atoms with Crippen LogP contribution in [0.4, 0.5) is 5.82 Å². The van der Waals surface area contributed by atoms with E-state index >= 15 is 0 Å². The van der Waals surface area contributed by atoms with Crippen molar-refractivity contribution in [1.82, 2.24) is 30.6 Å². The highest BCUT2D eigenvalue weighted by Gasteiger charge is 2.26. The van der Waals surface area contributed by atoms with Crippen LogP contribution in [0.2, 0.25) is 5.02 Å². The number of nitrogens with zero attached hydrogens (tertiary/aromatic N) is 6. The fourth-order valence-electron chi connectivity index (χ4n) is 8.56. The predicted molar refractivity (Wildman–Crippen MR) is 241 cm³/mol. The van der Waals surface area contributed by atoms with E-state index in [1.807, 2.05) is 23.1 Å². The highest BCUT2D eigenvalue weighted by molar-refractivity contribution is 6.31. The normalized spacial score (nSPS) is 18.4. The van der Waals surface area contributed by atoms with Crippen LogP contribution in [0.3, 0.4) is 0 Å². The van der Waals surface area contributed by atoms with Gasteiger partial charge in [0.2, 0.25) is 11.8 Å². The summed E-state index contributed by atoms with van der Waals surface area (Å²) in [5.41, 5.74) is 2.00. The molecule has 2 saturated heterocycles. The molecular formula is C48H63ClN8O5. The quantitative estimate of drug-likeness (QED) is 0.0835. The first-order chi connectivity index (χ1) is 30.3. The first-order valence-electron chi connectivity index (χ1n) is 22.6. The molecule has 3 heterocycles. The third kappa shape index (κ3) is 14.7. The van der Waals surface area contributed by atoms with Crippen molar-refractivity contribution in [3.63, 3.8) is 0 Å². The van der Waals surface area contributed by atoms with Crippen LogP contribution in [0.15, 0.2) is 67.3 Å². The standard InChI is InChI=1S/C48H63ClN8O5/c1-2-47(59)57-25-21-36(22-26-57)32-37-10-8-11-41(33-37)61-31-9-12-46(58)51-23-6-4-3-5-7-24-55-27-29-56(30-28-55)45-20-19-44(53-54-45)48(60)52-39-14-17-40(18-15-39)62-42-16-13-38(35-50)43(49)34-42/h2,8,10-11,13,16,19-20,33-34,36,39-40H,1,3-7,9,12,14-15,17-18,21-32H2,(H,51,58)(H,52,60). The second-order valence-electron chi connectivity index (χ2n) is 16.8. The van der Waals surface area contributed by atoms with Gasteiger partial charge in [-0.1, -0.05) is 49.6 Å². The Bertz CT molecular complexity index is 1950. The molecule has 2 N–H and O–H groups in total. The maximum atomic E-state index is 13.0. The Morgan fingerprint density at radius 3 is 2.35 bits per heavy atom. The zero-order valence-electron chi connectivity index (χ0n) is 36.1. The van der Waals surface area contributed by atoms with Gasteiger partial charge in [0.05, 0.1) is 23.3 Å². The minimum Gasteiger partial charge on any atom is -0.494 e. The van der Waals surface area contributed by atoms with Crippen LogP contribution < -0.4 is 25.0 Å². The lowest BCUT2D eigenvalue weighted by Crippen LogP contribution is -2.47. The van der Waals surface area contributed by atoms with Gasteiger partial charge in [-0.25, -0.2) is 0 Å². The molecule has 0 radical (unpaired) electrons. The molecule has 2 aromatic carbocycles. The number of carbonyl (C=O) groups excluding carboxylic acids is 3. The molecule has 3 fully saturated rings. The summed E-state index contributed by atoms with van der Waals surface area (Å²) in [6.07, 6.45) is 14.4. The van der Waals surface area contributed by atoms with E-state index in [4.69, 9.17) is 26.3 Å². The summed E-state index contributed by atoms with van der Waals surface area (Å²) >= 11 is 6.15. The third-order valence-corrected chi connectivity index (χ3v) is 12.6. The van der Waals surface area contributed by atoms with Crippen molar-refractivity contribution in [2.75, 3.05) is 63.9 Å². The Labute approximate surface area is 372 Å². The molecule has 0 unspecified atom stereocenters. The first kappa shape index (κ1) is 46.3. The highest BCUT2D eigenvalue weighted by atomic mass is 35.5. The summed E-state index contributed by atoms with van der Waals surface area (Å²) in [5.74, 6) is 2.76. The number of aromatic nitrogens is 2. The van der Waals surface area contributed by atoms with Crippen molar-refractivity contribution >= 4 is 35.1 Å². The van der Waals surface area contributed by atoms with Crippen LogP contribution in [-0.2, 0) is 16.0 Å². The molecule has 332 valence electrons. The Morgan fingerprint density at radius 1 is 0.855 bits per heavy atom. The maximum Gasteiger partial charge on any atom is 0.272 e. The van der Waals surface area contributed by atoms with Gasteiger partial charge in [0, 0.05) is 64.3 Å². The monoisotopic (exact) mass is 866 g/mol. The molecule has 3 amide bonds. The minimum atomic E-state index is -0.206. The second-order valence-corrected chi connectivity index (χ2v) is 17.2. The van der Waals surface area contributed by atoms with Crippen LogP contribution >= 0.6 is 11.6 Å². The Hall–Kier alpha value is -5.19. The van der Waals surface area contributed by atoms with Crippen molar-refractivity contribution < 1.29 is 23.9 Å². The van der Waals surface area contributed by atoms with Gasteiger partial charge in [0.15, 0.2) is 11.5 Å². The first-order valence-corrected chi connectivity index (χ1v) is 23.0. The molecule has 0 bridgehead atoms. The Morgan fingerprint density at radius 2 is 1.63 bits per heavy atom. The number of hydrogen-bond donors (Lipinski definition) is 2. The summed E-state index contributed by atoms with van der Waals surface area (Å²) < 4.78 is 12.1. The van der Waals surface area contributed by atoms with Gasteiger partial charge in [-0.05, 0) is 125 Å². The largest absolute Gasteiger partial charge is 0.494 e. The molecule has 6 rings (SSSR count). The number of nitrogens with one attached hydrogen (secondary N) is 2. The van der Waals surface area contributed by atoms with Crippen molar-refractivity contribution in [3.05, 3.63) is 89.1 Å². The molecule has 62 heavy (non-hydrogen) atoms. The second kappa shape index (κ2) is 24.4. The number of anilines is 1. The molecule has 0 spiro atoms. The lowest BCUT2D eigenvalue weighted by molar-refractivity contribution is -0.127. The molecule has 1 aromatic heterocycles. The van der Waals surface area contributed by atoms with E-state index in [0.717, 1.165) is 135 Å². The smallest absolute Gasteiger partial charge is 0.272 e. The summed E-state index contributed by atoms with van der Waals surface area (Å²) in [6.45, 7) is 11.2. The average Bonchev–Trinajstić information content (AvgIpc) is 3.30. The zero-order chi connectivity index (χ0) is 43.5. The topological polar surface area (TPSA) is 153 Å². The number of likely N-dealkylation sites (tertiary alicyclic amines) is 1. The fraction of sp³-hybridized carbons (Fsp3) is 0.542. The fourth-order valence-corrected chi connectivity index (χ4v) is 8.78. The summed E-state index contributed by atoms with van der Waals surface area (Å²) in [6, 6.07) is 19.1. The van der Waals surface area contributed by atoms with Crippen LogP contribution in [0.5, 0.6) is 11.5 Å². The van der Waals surface area contributed by atoms with Gasteiger partial charge in [-0.15, -0.1) is 10.2 Å². The van der Waals surface area contributed by atoms with E-state index in [9.17, 15) is 14.4 Å². The molecular weight excluding hydrogens is 804 g/mol. The number of nitriles is 1. The summed E-state index contributed by atoms with van der Waals surface area (Å²) in [5, 5.41) is 24.3. The van der Waals surface area contributed by atoms with Crippen molar-refractivity contribution in [2.24, 2.45) is 5.92 Å². The van der Waals surface area contributed by atoms with Gasteiger partial charge < -0.3 is 29.9 Å². The van der Waals surface area contributed by atoms with Crippen LogP contribution in [0.25, 0.3) is 0 Å². The Balaban J connectivity index is 0.745. The number of ether oxygens (including phenoxy) is 2. The molecule has 3 aromatic rings. The minimum absolute atomic E-state index is 0.0223.